The number of carbonyl (C=O) groups is 1. The van der Waals surface area contributed by atoms with Crippen LogP contribution in [0.3, 0.4) is 0 Å². The molecule has 1 N–H and O–H groups in total. The summed E-state index contributed by atoms with van der Waals surface area (Å²) in [7, 11) is 0. The number of amides is 1. The van der Waals surface area contributed by atoms with Crippen LogP contribution >= 0.6 is 0 Å². The molecule has 2 aromatic heterocycles. The number of rotatable bonds is 3. The zero-order valence-corrected chi connectivity index (χ0v) is 13.6. The number of nitrogens with one attached hydrogen (secondary N) is 1. The van der Waals surface area contributed by atoms with Crippen LogP contribution in [0, 0.1) is 13.8 Å². The summed E-state index contributed by atoms with van der Waals surface area (Å²) in [5.74, 6) is 0.644. The Morgan fingerprint density at radius 2 is 2.09 bits per heavy atom. The van der Waals surface area contributed by atoms with Crippen LogP contribution < -0.4 is 0 Å². The van der Waals surface area contributed by atoms with Gasteiger partial charge in [0.1, 0.15) is 11.5 Å². The van der Waals surface area contributed by atoms with Gasteiger partial charge in [-0.05, 0) is 32.4 Å². The van der Waals surface area contributed by atoms with E-state index in [-0.39, 0.29) is 5.91 Å². The van der Waals surface area contributed by atoms with Crippen molar-refractivity contribution < 1.29 is 4.79 Å². The van der Waals surface area contributed by atoms with E-state index in [4.69, 9.17) is 0 Å². The minimum absolute atomic E-state index is 0.00184. The molecule has 23 heavy (non-hydrogen) atoms. The number of aromatic amines is 1. The summed E-state index contributed by atoms with van der Waals surface area (Å²) in [6.45, 7) is 7.86. The van der Waals surface area contributed by atoms with Crippen LogP contribution in [0.15, 0.2) is 18.3 Å². The maximum atomic E-state index is 12.7. The van der Waals surface area contributed by atoms with E-state index in [1.165, 1.54) is 0 Å². The Labute approximate surface area is 135 Å². The minimum Gasteiger partial charge on any atom is -0.336 e. The molecule has 1 amide bonds. The highest BCUT2D eigenvalue weighted by Crippen LogP contribution is 2.11. The maximum Gasteiger partial charge on any atom is 0.272 e. The lowest BCUT2D eigenvalue weighted by Gasteiger charge is -2.21. The molecule has 0 bridgehead atoms. The number of nitrogens with zero attached hydrogens (tertiary/aromatic N) is 5. The van der Waals surface area contributed by atoms with E-state index in [2.05, 4.69) is 25.1 Å². The van der Waals surface area contributed by atoms with E-state index in [9.17, 15) is 4.79 Å². The van der Waals surface area contributed by atoms with Gasteiger partial charge in [-0.1, -0.05) is 0 Å². The van der Waals surface area contributed by atoms with Crippen LogP contribution in [0.5, 0.6) is 0 Å². The SMILES string of the molecule is Cc1cc(C(=O)N2CCCN(Cc3ccn[nH]3)CC2)nc(C)n1. The molecule has 3 heterocycles. The molecule has 0 saturated carbocycles. The lowest BCUT2D eigenvalue weighted by molar-refractivity contribution is 0.0754. The molecule has 1 fully saturated rings. The highest BCUT2D eigenvalue weighted by atomic mass is 16.2. The van der Waals surface area contributed by atoms with Gasteiger partial charge in [-0.2, -0.15) is 5.10 Å². The van der Waals surface area contributed by atoms with Crippen molar-refractivity contribution in [3.05, 3.63) is 41.2 Å². The van der Waals surface area contributed by atoms with Crippen molar-refractivity contribution in [1.82, 2.24) is 30.0 Å². The average molecular weight is 314 g/mol. The second kappa shape index (κ2) is 6.87. The van der Waals surface area contributed by atoms with E-state index in [1.54, 1.807) is 12.3 Å². The smallest absolute Gasteiger partial charge is 0.272 e. The molecule has 2 aromatic rings. The first-order valence-electron chi connectivity index (χ1n) is 7.94. The van der Waals surface area contributed by atoms with Crippen LogP contribution in [-0.4, -0.2) is 62.1 Å². The standard InChI is InChI=1S/C16H22N6O/c1-12-10-15(19-13(2)18-12)16(23)22-7-3-6-21(8-9-22)11-14-4-5-17-20-14/h4-5,10H,3,6-9,11H2,1-2H3,(H,17,20). The summed E-state index contributed by atoms with van der Waals surface area (Å²) in [5, 5.41) is 6.97. The van der Waals surface area contributed by atoms with E-state index in [0.29, 0.717) is 11.5 Å². The van der Waals surface area contributed by atoms with Crippen LogP contribution in [0.25, 0.3) is 0 Å². The summed E-state index contributed by atoms with van der Waals surface area (Å²) in [6.07, 6.45) is 2.73. The first-order valence-corrected chi connectivity index (χ1v) is 7.94. The first kappa shape index (κ1) is 15.6. The van der Waals surface area contributed by atoms with Crippen LogP contribution in [0.4, 0.5) is 0 Å². The van der Waals surface area contributed by atoms with E-state index in [1.807, 2.05) is 24.8 Å². The largest absolute Gasteiger partial charge is 0.336 e. The number of aryl methyl sites for hydroxylation is 2. The van der Waals surface area contributed by atoms with Gasteiger partial charge in [0.25, 0.3) is 5.91 Å². The monoisotopic (exact) mass is 314 g/mol. The molecule has 0 unspecified atom stereocenters. The fourth-order valence-electron chi connectivity index (χ4n) is 2.93. The molecule has 1 aliphatic rings. The summed E-state index contributed by atoms with van der Waals surface area (Å²) in [4.78, 5) is 25.4. The third-order valence-corrected chi connectivity index (χ3v) is 4.01. The molecule has 0 spiro atoms. The highest BCUT2D eigenvalue weighted by Gasteiger charge is 2.22. The van der Waals surface area contributed by atoms with Gasteiger partial charge in [-0.15, -0.1) is 0 Å². The molecular formula is C16H22N6O. The predicted octanol–water partition coefficient (Wildman–Crippen LogP) is 1.16. The van der Waals surface area contributed by atoms with Crippen LogP contribution in [-0.2, 0) is 6.54 Å². The summed E-state index contributed by atoms with van der Waals surface area (Å²) < 4.78 is 0. The van der Waals surface area contributed by atoms with Crippen molar-refractivity contribution in [3.8, 4) is 0 Å². The van der Waals surface area contributed by atoms with Crippen molar-refractivity contribution in [3.63, 3.8) is 0 Å². The van der Waals surface area contributed by atoms with Gasteiger partial charge in [0.15, 0.2) is 0 Å². The highest BCUT2D eigenvalue weighted by molar-refractivity contribution is 5.92. The third kappa shape index (κ3) is 3.92. The van der Waals surface area contributed by atoms with Gasteiger partial charge in [-0.25, -0.2) is 9.97 Å². The maximum absolute atomic E-state index is 12.7. The summed E-state index contributed by atoms with van der Waals surface area (Å²) in [5.41, 5.74) is 2.43. The van der Waals surface area contributed by atoms with E-state index < -0.39 is 0 Å². The second-order valence-corrected chi connectivity index (χ2v) is 5.95. The second-order valence-electron chi connectivity index (χ2n) is 5.95. The number of hydrogen-bond donors (Lipinski definition) is 1. The normalized spacial score (nSPS) is 16.3. The van der Waals surface area contributed by atoms with Gasteiger partial charge in [0.05, 0.1) is 0 Å². The van der Waals surface area contributed by atoms with Crippen LogP contribution in [0.2, 0.25) is 0 Å². The molecule has 3 rings (SSSR count). The Balaban J connectivity index is 1.64. The number of H-pyrrole nitrogens is 1. The molecule has 1 aliphatic heterocycles. The zero-order valence-electron chi connectivity index (χ0n) is 13.6. The molecule has 0 aromatic carbocycles. The van der Waals surface area contributed by atoms with Crippen LogP contribution in [0.1, 0.15) is 34.1 Å². The zero-order chi connectivity index (χ0) is 16.2. The Bertz CT molecular complexity index is 649. The summed E-state index contributed by atoms with van der Waals surface area (Å²) in [6, 6.07) is 3.75. The van der Waals surface area contributed by atoms with Gasteiger partial charge < -0.3 is 4.90 Å². The van der Waals surface area contributed by atoms with E-state index in [0.717, 1.165) is 50.5 Å². The van der Waals surface area contributed by atoms with Crippen molar-refractivity contribution in [2.45, 2.75) is 26.8 Å². The predicted molar refractivity (Wildman–Crippen MR) is 85.9 cm³/mol. The third-order valence-electron chi connectivity index (χ3n) is 4.01. The average Bonchev–Trinajstić information content (AvgIpc) is 2.90. The summed E-state index contributed by atoms with van der Waals surface area (Å²) >= 11 is 0. The Hall–Kier alpha value is -2.28. The molecule has 7 heteroatoms. The number of aromatic nitrogens is 4. The van der Waals surface area contributed by atoms with Gasteiger partial charge in [0, 0.05) is 50.3 Å². The molecule has 122 valence electrons. The minimum atomic E-state index is 0.00184. The Morgan fingerprint density at radius 1 is 1.22 bits per heavy atom. The molecule has 1 saturated heterocycles. The van der Waals surface area contributed by atoms with Crippen molar-refractivity contribution in [2.24, 2.45) is 0 Å². The Morgan fingerprint density at radius 3 is 2.83 bits per heavy atom. The molecular weight excluding hydrogens is 292 g/mol. The molecule has 0 radical (unpaired) electrons. The first-order chi connectivity index (χ1) is 11.1. The number of carbonyl (C=O) groups excluding carboxylic acids is 1. The molecule has 0 aliphatic carbocycles. The van der Waals surface area contributed by atoms with Gasteiger partial charge >= 0.3 is 0 Å². The molecule has 0 atom stereocenters. The van der Waals surface area contributed by atoms with Gasteiger partial charge in [-0.3, -0.25) is 14.8 Å². The van der Waals surface area contributed by atoms with Crippen molar-refractivity contribution in [2.75, 3.05) is 26.2 Å². The fourth-order valence-corrected chi connectivity index (χ4v) is 2.93. The van der Waals surface area contributed by atoms with Crippen molar-refractivity contribution in [1.29, 1.82) is 0 Å². The lowest BCUT2D eigenvalue weighted by Crippen LogP contribution is -2.35. The Kier molecular flexibility index (Phi) is 4.66. The number of hydrogen-bond acceptors (Lipinski definition) is 5. The van der Waals surface area contributed by atoms with Gasteiger partial charge in [0.2, 0.25) is 0 Å². The topological polar surface area (TPSA) is 78.0 Å². The quantitative estimate of drug-likeness (QED) is 0.920. The van der Waals surface area contributed by atoms with Crippen molar-refractivity contribution >= 4 is 5.91 Å². The molecule has 7 nitrogen and oxygen atoms in total. The lowest BCUT2D eigenvalue weighted by atomic mass is 10.2. The fraction of sp³-hybridized carbons (Fsp3) is 0.500. The van der Waals surface area contributed by atoms with E-state index >= 15 is 0 Å².